The van der Waals surface area contributed by atoms with Crippen LogP contribution in [0.3, 0.4) is 0 Å². The number of morpholine rings is 1. The highest BCUT2D eigenvalue weighted by atomic mass is 16.6. The Balaban J connectivity index is 1.84. The van der Waals surface area contributed by atoms with E-state index in [0.717, 1.165) is 5.56 Å². The fourth-order valence-electron chi connectivity index (χ4n) is 1.61. The van der Waals surface area contributed by atoms with Crippen molar-refractivity contribution in [2.75, 3.05) is 19.8 Å². The number of amides is 1. The number of ether oxygens (including phenoxy) is 2. The van der Waals surface area contributed by atoms with Crippen LogP contribution in [0, 0.1) is 0 Å². The third-order valence-electron chi connectivity index (χ3n) is 2.54. The lowest BCUT2D eigenvalue weighted by atomic mass is 10.2. The van der Waals surface area contributed by atoms with Crippen LogP contribution >= 0.6 is 0 Å². The van der Waals surface area contributed by atoms with Gasteiger partial charge in [-0.05, 0) is 5.56 Å². The SMILES string of the molecule is O=C(OCc1ccccc1)N1CCOCC1O. The predicted molar refractivity (Wildman–Crippen MR) is 60.2 cm³/mol. The Hall–Kier alpha value is -1.59. The number of carbonyl (C=O) groups is 1. The fourth-order valence-corrected chi connectivity index (χ4v) is 1.61. The molecule has 0 spiro atoms. The molecule has 1 saturated heterocycles. The molecule has 0 radical (unpaired) electrons. The number of rotatable bonds is 2. The lowest BCUT2D eigenvalue weighted by molar-refractivity contribution is -0.0958. The highest BCUT2D eigenvalue weighted by Crippen LogP contribution is 2.08. The van der Waals surface area contributed by atoms with Gasteiger partial charge >= 0.3 is 6.09 Å². The van der Waals surface area contributed by atoms with E-state index in [0.29, 0.717) is 13.2 Å². The highest BCUT2D eigenvalue weighted by molar-refractivity contribution is 5.68. The normalized spacial score (nSPS) is 20.1. The third kappa shape index (κ3) is 3.18. The Morgan fingerprint density at radius 3 is 2.94 bits per heavy atom. The van der Waals surface area contributed by atoms with Crippen LogP contribution in [0.5, 0.6) is 0 Å². The van der Waals surface area contributed by atoms with E-state index in [2.05, 4.69) is 0 Å². The molecule has 1 amide bonds. The summed E-state index contributed by atoms with van der Waals surface area (Å²) < 4.78 is 10.1. The van der Waals surface area contributed by atoms with E-state index in [4.69, 9.17) is 9.47 Å². The van der Waals surface area contributed by atoms with Gasteiger partial charge in [-0.25, -0.2) is 4.79 Å². The molecule has 0 aliphatic carbocycles. The number of hydrogen-bond acceptors (Lipinski definition) is 4. The van der Waals surface area contributed by atoms with Gasteiger partial charge in [0.2, 0.25) is 0 Å². The minimum atomic E-state index is -0.910. The number of aliphatic hydroxyl groups is 1. The van der Waals surface area contributed by atoms with E-state index in [9.17, 15) is 9.90 Å². The Morgan fingerprint density at radius 1 is 1.47 bits per heavy atom. The topological polar surface area (TPSA) is 59.0 Å². The summed E-state index contributed by atoms with van der Waals surface area (Å²) in [7, 11) is 0. The molecule has 5 heteroatoms. The van der Waals surface area contributed by atoms with Gasteiger partial charge in [0, 0.05) is 0 Å². The average Bonchev–Trinajstić information content (AvgIpc) is 2.38. The smallest absolute Gasteiger partial charge is 0.412 e. The van der Waals surface area contributed by atoms with Crippen molar-refractivity contribution >= 4 is 6.09 Å². The summed E-state index contributed by atoms with van der Waals surface area (Å²) in [6.45, 7) is 1.14. The first-order valence-corrected chi connectivity index (χ1v) is 5.50. The van der Waals surface area contributed by atoms with Crippen molar-refractivity contribution in [3.05, 3.63) is 35.9 Å². The average molecular weight is 237 g/mol. The van der Waals surface area contributed by atoms with Crippen LogP contribution in [0.2, 0.25) is 0 Å². The molecule has 1 heterocycles. The van der Waals surface area contributed by atoms with Crippen LogP contribution in [0.1, 0.15) is 5.56 Å². The summed E-state index contributed by atoms with van der Waals surface area (Å²) in [5, 5.41) is 9.54. The standard InChI is InChI=1S/C12H15NO4/c14-11-9-16-7-6-13(11)12(15)17-8-10-4-2-1-3-5-10/h1-5,11,14H,6-9H2. The van der Waals surface area contributed by atoms with Crippen molar-refractivity contribution in [2.45, 2.75) is 12.8 Å². The van der Waals surface area contributed by atoms with Crippen molar-refractivity contribution in [1.29, 1.82) is 0 Å². The Morgan fingerprint density at radius 2 is 2.24 bits per heavy atom. The molecule has 0 saturated carbocycles. The quantitative estimate of drug-likeness (QED) is 0.832. The van der Waals surface area contributed by atoms with Gasteiger partial charge in [0.25, 0.3) is 0 Å². The summed E-state index contributed by atoms with van der Waals surface area (Å²) in [4.78, 5) is 12.9. The van der Waals surface area contributed by atoms with Gasteiger partial charge in [0.05, 0.1) is 19.8 Å². The third-order valence-corrected chi connectivity index (χ3v) is 2.54. The Kier molecular flexibility index (Phi) is 3.95. The lowest BCUT2D eigenvalue weighted by Crippen LogP contribution is -2.48. The summed E-state index contributed by atoms with van der Waals surface area (Å²) in [5.74, 6) is 0. The Bertz CT molecular complexity index is 368. The number of benzene rings is 1. The first-order valence-electron chi connectivity index (χ1n) is 5.50. The van der Waals surface area contributed by atoms with Crippen LogP contribution < -0.4 is 0 Å². The molecule has 1 N–H and O–H groups in total. The molecular formula is C12H15NO4. The highest BCUT2D eigenvalue weighted by Gasteiger charge is 2.26. The molecule has 1 atom stereocenters. The van der Waals surface area contributed by atoms with Crippen LogP contribution in [-0.4, -0.2) is 42.1 Å². The van der Waals surface area contributed by atoms with Crippen LogP contribution in [0.25, 0.3) is 0 Å². The summed E-state index contributed by atoms with van der Waals surface area (Å²) in [6, 6.07) is 9.42. The second-order valence-electron chi connectivity index (χ2n) is 3.79. The minimum Gasteiger partial charge on any atom is -0.444 e. The van der Waals surface area contributed by atoms with E-state index in [-0.39, 0.29) is 13.2 Å². The molecular weight excluding hydrogens is 222 g/mol. The maximum absolute atomic E-state index is 11.7. The van der Waals surface area contributed by atoms with E-state index >= 15 is 0 Å². The summed E-state index contributed by atoms with van der Waals surface area (Å²) >= 11 is 0. The number of nitrogens with zero attached hydrogens (tertiary/aromatic N) is 1. The van der Waals surface area contributed by atoms with Gasteiger partial charge in [-0.2, -0.15) is 0 Å². The van der Waals surface area contributed by atoms with Crippen LogP contribution in [0.4, 0.5) is 4.79 Å². The molecule has 1 aromatic rings. The largest absolute Gasteiger partial charge is 0.444 e. The van der Waals surface area contributed by atoms with E-state index in [1.807, 2.05) is 30.3 Å². The second-order valence-corrected chi connectivity index (χ2v) is 3.79. The molecule has 17 heavy (non-hydrogen) atoms. The number of hydrogen-bond donors (Lipinski definition) is 1. The van der Waals surface area contributed by atoms with E-state index in [1.165, 1.54) is 4.90 Å². The van der Waals surface area contributed by atoms with Crippen molar-refractivity contribution < 1.29 is 19.4 Å². The van der Waals surface area contributed by atoms with Crippen molar-refractivity contribution in [2.24, 2.45) is 0 Å². The predicted octanol–water partition coefficient (Wildman–Crippen LogP) is 0.974. The van der Waals surface area contributed by atoms with Crippen molar-refractivity contribution in [1.82, 2.24) is 4.90 Å². The zero-order chi connectivity index (χ0) is 12.1. The molecule has 1 aliphatic rings. The molecule has 5 nitrogen and oxygen atoms in total. The minimum absolute atomic E-state index is 0.139. The maximum atomic E-state index is 11.7. The zero-order valence-corrected chi connectivity index (χ0v) is 9.41. The zero-order valence-electron chi connectivity index (χ0n) is 9.41. The number of aliphatic hydroxyl groups excluding tert-OH is 1. The van der Waals surface area contributed by atoms with Gasteiger partial charge < -0.3 is 14.6 Å². The molecule has 0 bridgehead atoms. The van der Waals surface area contributed by atoms with Crippen LogP contribution in [0.15, 0.2) is 30.3 Å². The van der Waals surface area contributed by atoms with Crippen LogP contribution in [-0.2, 0) is 16.1 Å². The van der Waals surface area contributed by atoms with Gasteiger partial charge in [-0.3, -0.25) is 4.90 Å². The molecule has 1 aromatic carbocycles. The van der Waals surface area contributed by atoms with Gasteiger partial charge in [0.15, 0.2) is 6.23 Å². The second kappa shape index (κ2) is 5.65. The summed E-state index contributed by atoms with van der Waals surface area (Å²) in [5.41, 5.74) is 0.920. The van der Waals surface area contributed by atoms with E-state index in [1.54, 1.807) is 0 Å². The molecule has 92 valence electrons. The van der Waals surface area contributed by atoms with Gasteiger partial charge in [0.1, 0.15) is 6.61 Å². The molecule has 0 aromatic heterocycles. The lowest BCUT2D eigenvalue weighted by Gasteiger charge is -2.30. The van der Waals surface area contributed by atoms with Gasteiger partial charge in [-0.15, -0.1) is 0 Å². The molecule has 1 aliphatic heterocycles. The fraction of sp³-hybridized carbons (Fsp3) is 0.417. The molecule has 2 rings (SSSR count). The van der Waals surface area contributed by atoms with Crippen molar-refractivity contribution in [3.63, 3.8) is 0 Å². The monoisotopic (exact) mass is 237 g/mol. The Labute approximate surface area is 99.6 Å². The summed E-state index contributed by atoms with van der Waals surface area (Å²) in [6.07, 6.45) is -1.42. The molecule has 1 unspecified atom stereocenters. The molecule has 1 fully saturated rings. The van der Waals surface area contributed by atoms with Crippen molar-refractivity contribution in [3.8, 4) is 0 Å². The van der Waals surface area contributed by atoms with Gasteiger partial charge in [-0.1, -0.05) is 30.3 Å². The first kappa shape index (κ1) is 11.9. The number of carbonyl (C=O) groups excluding carboxylic acids is 1. The van der Waals surface area contributed by atoms with E-state index < -0.39 is 12.3 Å². The first-order chi connectivity index (χ1) is 8.27. The maximum Gasteiger partial charge on any atom is 0.412 e.